The van der Waals surface area contributed by atoms with Crippen molar-refractivity contribution in [2.24, 2.45) is 16.8 Å². The van der Waals surface area contributed by atoms with Crippen LogP contribution in [0, 0.1) is 11.8 Å². The van der Waals surface area contributed by atoms with Gasteiger partial charge in [-0.25, -0.2) is 9.78 Å². The molecular formula is C18H23N7O3. The highest BCUT2D eigenvalue weighted by atomic mass is 16.3. The zero-order chi connectivity index (χ0) is 19.7. The Balaban J connectivity index is 1.81. The van der Waals surface area contributed by atoms with Crippen LogP contribution >= 0.6 is 0 Å². The maximum atomic E-state index is 11.4. The molecule has 10 nitrogen and oxygen atoms in total. The molecule has 1 fully saturated rings. The minimum atomic E-state index is -0.492. The zero-order valence-electron chi connectivity index (χ0n) is 15.5. The highest BCUT2D eigenvalue weighted by Gasteiger charge is 2.20. The smallest absolute Gasteiger partial charge is 0.326 e. The molecule has 0 spiro atoms. The minimum absolute atomic E-state index is 0.0833. The van der Waals surface area contributed by atoms with E-state index in [1.807, 2.05) is 13.0 Å². The van der Waals surface area contributed by atoms with Gasteiger partial charge in [-0.3, -0.25) is 9.98 Å². The minimum Gasteiger partial charge on any atom is -0.493 e. The first-order valence-corrected chi connectivity index (χ1v) is 9.30. The molecule has 1 aliphatic carbocycles. The molecule has 3 aromatic heterocycles. The van der Waals surface area contributed by atoms with E-state index in [0.717, 1.165) is 6.54 Å². The molecule has 1 unspecified atom stereocenters. The van der Waals surface area contributed by atoms with Crippen LogP contribution in [0.15, 0.2) is 22.1 Å². The molecule has 4 rings (SSSR count). The largest absolute Gasteiger partial charge is 0.493 e. The number of H-pyrrole nitrogens is 2. The third kappa shape index (κ3) is 3.91. The van der Waals surface area contributed by atoms with Crippen molar-refractivity contribution < 1.29 is 10.2 Å². The van der Waals surface area contributed by atoms with Crippen molar-refractivity contribution in [3.05, 3.63) is 39.1 Å². The standard InChI is InChI=1S/C18H23N7O3/c1-10(9-26)6-19-14-5-15(20-7-11-2-3-11)25-16(23-14)12(8-21-25)4-13-17(27)24-18(28)22-13/h4-5,8,10-11,19,26-27H,2-3,6-7,9H2,1H3,(H2,22,24,28). The van der Waals surface area contributed by atoms with Crippen LogP contribution in [0.2, 0.25) is 0 Å². The van der Waals surface area contributed by atoms with Gasteiger partial charge in [0.2, 0.25) is 5.88 Å². The number of imidazole rings is 1. The van der Waals surface area contributed by atoms with Crippen LogP contribution < -0.4 is 21.7 Å². The molecule has 1 aliphatic rings. The van der Waals surface area contributed by atoms with Gasteiger partial charge in [0.25, 0.3) is 0 Å². The molecule has 0 aromatic carbocycles. The van der Waals surface area contributed by atoms with Crippen molar-refractivity contribution >= 4 is 17.5 Å². The Morgan fingerprint density at radius 2 is 2.29 bits per heavy atom. The highest BCUT2D eigenvalue weighted by Crippen LogP contribution is 2.28. The molecule has 1 saturated carbocycles. The number of nitrogens with one attached hydrogen (secondary N) is 3. The molecule has 3 aromatic rings. The van der Waals surface area contributed by atoms with Gasteiger partial charge < -0.3 is 20.5 Å². The van der Waals surface area contributed by atoms with Gasteiger partial charge in [0.1, 0.15) is 11.5 Å². The number of aromatic hydroxyl groups is 1. The van der Waals surface area contributed by atoms with E-state index in [1.54, 1.807) is 16.8 Å². The molecule has 5 N–H and O–H groups in total. The summed E-state index contributed by atoms with van der Waals surface area (Å²) in [6, 6.07) is 1.84. The number of anilines is 1. The van der Waals surface area contributed by atoms with E-state index in [1.165, 1.54) is 12.8 Å². The first-order valence-electron chi connectivity index (χ1n) is 9.30. The maximum Gasteiger partial charge on any atom is 0.326 e. The number of nitrogens with zero attached hydrogens (tertiary/aromatic N) is 4. The molecule has 3 heterocycles. The zero-order valence-corrected chi connectivity index (χ0v) is 15.5. The second-order valence-corrected chi connectivity index (χ2v) is 7.27. The van der Waals surface area contributed by atoms with Gasteiger partial charge in [0, 0.05) is 31.0 Å². The van der Waals surface area contributed by atoms with Crippen molar-refractivity contribution in [1.29, 1.82) is 0 Å². The van der Waals surface area contributed by atoms with Crippen LogP contribution in [0.25, 0.3) is 11.7 Å². The summed E-state index contributed by atoms with van der Waals surface area (Å²) in [5, 5.41) is 27.3. The Morgan fingerprint density at radius 1 is 1.46 bits per heavy atom. The third-order valence-electron chi connectivity index (χ3n) is 4.67. The normalized spacial score (nSPS) is 16.8. The van der Waals surface area contributed by atoms with Crippen LogP contribution in [0.5, 0.6) is 5.88 Å². The number of aromatic amines is 2. The Bertz CT molecular complexity index is 1160. The molecule has 0 bridgehead atoms. The van der Waals surface area contributed by atoms with Crippen molar-refractivity contribution in [3.63, 3.8) is 0 Å². The molecular weight excluding hydrogens is 362 g/mol. The number of aliphatic hydroxyl groups excluding tert-OH is 1. The van der Waals surface area contributed by atoms with Crippen LogP contribution in [-0.4, -0.2) is 54.5 Å². The second kappa shape index (κ2) is 7.47. The van der Waals surface area contributed by atoms with Crippen molar-refractivity contribution in [1.82, 2.24) is 24.6 Å². The lowest BCUT2D eigenvalue weighted by molar-refractivity contribution is 0.244. The van der Waals surface area contributed by atoms with Crippen LogP contribution in [0.3, 0.4) is 0 Å². The summed E-state index contributed by atoms with van der Waals surface area (Å²) in [5.74, 6) is 1.11. The molecule has 0 amide bonds. The van der Waals surface area contributed by atoms with Gasteiger partial charge in [-0.15, -0.1) is 0 Å². The first-order chi connectivity index (χ1) is 13.5. The van der Waals surface area contributed by atoms with Gasteiger partial charge in [-0.05, 0) is 30.8 Å². The fraction of sp³-hybridized carbons (Fsp3) is 0.444. The van der Waals surface area contributed by atoms with Crippen LogP contribution in [-0.2, 0) is 0 Å². The lowest BCUT2D eigenvalue weighted by Crippen LogP contribution is -2.22. The molecule has 1 atom stereocenters. The van der Waals surface area contributed by atoms with Crippen molar-refractivity contribution in [3.8, 4) is 5.88 Å². The van der Waals surface area contributed by atoms with E-state index >= 15 is 0 Å². The second-order valence-electron chi connectivity index (χ2n) is 7.27. The lowest BCUT2D eigenvalue weighted by atomic mass is 10.2. The summed E-state index contributed by atoms with van der Waals surface area (Å²) in [6.07, 6.45) is 5.63. The lowest BCUT2D eigenvalue weighted by Gasteiger charge is -2.10. The van der Waals surface area contributed by atoms with E-state index < -0.39 is 5.69 Å². The fourth-order valence-corrected chi connectivity index (χ4v) is 2.78. The molecule has 0 radical (unpaired) electrons. The van der Waals surface area contributed by atoms with Crippen LogP contribution in [0.1, 0.15) is 25.5 Å². The van der Waals surface area contributed by atoms with Crippen molar-refractivity contribution in [2.75, 3.05) is 25.0 Å². The van der Waals surface area contributed by atoms with Gasteiger partial charge >= 0.3 is 5.69 Å². The van der Waals surface area contributed by atoms with E-state index in [9.17, 15) is 15.0 Å². The van der Waals surface area contributed by atoms with E-state index in [4.69, 9.17) is 4.99 Å². The van der Waals surface area contributed by atoms with Crippen LogP contribution in [0.4, 0.5) is 5.82 Å². The van der Waals surface area contributed by atoms with E-state index in [2.05, 4.69) is 25.4 Å². The highest BCUT2D eigenvalue weighted by molar-refractivity contribution is 5.57. The number of aliphatic hydroxyl groups is 1. The fourth-order valence-electron chi connectivity index (χ4n) is 2.78. The summed E-state index contributed by atoms with van der Waals surface area (Å²) < 4.78 is 1.65. The van der Waals surface area contributed by atoms with Gasteiger partial charge in [-0.1, -0.05) is 6.92 Å². The topological polar surface area (TPSA) is 144 Å². The first kappa shape index (κ1) is 18.2. The molecule has 0 aliphatic heterocycles. The Morgan fingerprint density at radius 3 is 2.96 bits per heavy atom. The Labute approximate surface area is 159 Å². The maximum absolute atomic E-state index is 11.4. The number of hydrogen-bond acceptors (Lipinski definition) is 7. The average Bonchev–Trinajstić information content (AvgIpc) is 3.35. The average molecular weight is 385 g/mol. The van der Waals surface area contributed by atoms with Gasteiger partial charge in [-0.2, -0.15) is 9.61 Å². The summed E-state index contributed by atoms with van der Waals surface area (Å²) >= 11 is 0. The monoisotopic (exact) mass is 385 g/mol. The Kier molecular flexibility index (Phi) is 4.86. The number of hydrogen-bond donors (Lipinski definition) is 5. The predicted octanol–water partition coefficient (Wildman–Crippen LogP) is -0.650. The SMILES string of the molecule is CC(CO)CNc1cc(=NCC2CC2)n2ncc(=Cc3[nH]c(=O)[nH]c3O)c2n1. The van der Waals surface area contributed by atoms with Gasteiger partial charge in [0.05, 0.1) is 6.20 Å². The summed E-state index contributed by atoms with van der Waals surface area (Å²) in [5.41, 5.74) is 0.999. The predicted molar refractivity (Wildman–Crippen MR) is 103 cm³/mol. The summed E-state index contributed by atoms with van der Waals surface area (Å²) in [7, 11) is 0. The van der Waals surface area contributed by atoms with E-state index in [0.29, 0.717) is 34.6 Å². The Hall–Kier alpha value is -3.14. The number of fused-ring (bicyclic) bond motifs is 1. The van der Waals surface area contributed by atoms with E-state index in [-0.39, 0.29) is 24.1 Å². The molecule has 10 heteroatoms. The molecule has 0 saturated heterocycles. The van der Waals surface area contributed by atoms with Crippen molar-refractivity contribution in [2.45, 2.75) is 19.8 Å². The summed E-state index contributed by atoms with van der Waals surface area (Å²) in [6.45, 7) is 3.34. The van der Waals surface area contributed by atoms with Gasteiger partial charge in [0.15, 0.2) is 11.1 Å². The summed E-state index contributed by atoms with van der Waals surface area (Å²) in [4.78, 5) is 25.5. The molecule has 148 valence electrons. The quantitative estimate of drug-likeness (QED) is 0.366. The number of rotatable bonds is 7. The molecule has 28 heavy (non-hydrogen) atoms. The third-order valence-corrected chi connectivity index (χ3v) is 4.67. The number of aromatic nitrogens is 5.